The van der Waals surface area contributed by atoms with Crippen LogP contribution in [-0.4, -0.2) is 46.0 Å². The molecule has 1 unspecified atom stereocenters. The number of carbonyl (C=O) groups excluding carboxylic acids is 1. The molecule has 0 saturated carbocycles. The number of alkyl halides is 6. The number of esters is 1. The van der Waals surface area contributed by atoms with Crippen molar-refractivity contribution in [1.29, 1.82) is 0 Å². The molecule has 37 heavy (non-hydrogen) atoms. The number of hydrogen-bond acceptors (Lipinski definition) is 5. The van der Waals surface area contributed by atoms with Crippen LogP contribution in [0.4, 0.5) is 26.3 Å². The van der Waals surface area contributed by atoms with Crippen molar-refractivity contribution in [2.45, 2.75) is 36.7 Å². The fourth-order valence-electron chi connectivity index (χ4n) is 4.19. The molecule has 12 heteroatoms. The zero-order chi connectivity index (χ0) is 26.4. The van der Waals surface area contributed by atoms with Gasteiger partial charge in [0.1, 0.15) is 12.7 Å². The molecule has 2 aromatic rings. The van der Waals surface area contributed by atoms with Crippen LogP contribution >= 0.6 is 12.4 Å². The first-order valence-electron chi connectivity index (χ1n) is 11.3. The lowest BCUT2D eigenvalue weighted by atomic mass is 9.74. The Balaban J connectivity index is 0.00000481. The highest BCUT2D eigenvalue weighted by Gasteiger charge is 2.39. The van der Waals surface area contributed by atoms with E-state index in [1.54, 1.807) is 0 Å². The summed E-state index contributed by atoms with van der Waals surface area (Å²) in [4.78, 5) is 11.4. The van der Waals surface area contributed by atoms with Gasteiger partial charge in [0.05, 0.1) is 31.5 Å². The summed E-state index contributed by atoms with van der Waals surface area (Å²) in [6.45, 7) is 0.391. The van der Waals surface area contributed by atoms with Gasteiger partial charge in [-0.05, 0) is 55.3 Å². The van der Waals surface area contributed by atoms with Gasteiger partial charge in [-0.15, -0.1) is 12.4 Å². The van der Waals surface area contributed by atoms with E-state index in [4.69, 9.17) is 9.47 Å². The second kappa shape index (κ2) is 12.9. The minimum atomic E-state index is -5.01. The molecule has 1 saturated heterocycles. The van der Waals surface area contributed by atoms with Crippen molar-refractivity contribution >= 4 is 18.4 Å². The first kappa shape index (κ1) is 30.9. The fraction of sp³-hybridized carbons (Fsp3) is 0.480. The summed E-state index contributed by atoms with van der Waals surface area (Å²) in [6.07, 6.45) is -10.00. The summed E-state index contributed by atoms with van der Waals surface area (Å²) in [7, 11) is 1.13. The van der Waals surface area contributed by atoms with E-state index in [1.807, 2.05) is 30.3 Å². The molecule has 1 atom stereocenters. The van der Waals surface area contributed by atoms with Gasteiger partial charge in [-0.2, -0.15) is 26.3 Å². The molecule has 0 amide bonds. The van der Waals surface area contributed by atoms with Gasteiger partial charge in [0.2, 0.25) is 0 Å². The Hall–Kier alpha value is -2.34. The summed E-state index contributed by atoms with van der Waals surface area (Å²) >= 11 is 0. The maximum Gasteiger partial charge on any atom is 0.416 e. The van der Waals surface area contributed by atoms with Crippen molar-refractivity contribution in [3.63, 3.8) is 0 Å². The maximum atomic E-state index is 13.5. The zero-order valence-corrected chi connectivity index (χ0v) is 20.8. The van der Waals surface area contributed by atoms with Crippen LogP contribution in [-0.2, 0) is 36.8 Å². The van der Waals surface area contributed by atoms with Crippen LogP contribution in [0.3, 0.4) is 0 Å². The van der Waals surface area contributed by atoms with E-state index in [0.717, 1.165) is 12.7 Å². The molecule has 0 aromatic heterocycles. The lowest BCUT2D eigenvalue weighted by Gasteiger charge is -2.39. The van der Waals surface area contributed by atoms with Gasteiger partial charge in [0.15, 0.2) is 0 Å². The Morgan fingerprint density at radius 2 is 1.54 bits per heavy atom. The number of hydrogen-bond donors (Lipinski definition) is 1. The Morgan fingerprint density at radius 3 is 2.05 bits per heavy atom. The summed E-state index contributed by atoms with van der Waals surface area (Å²) in [5.41, 5.74) is -2.79. The van der Waals surface area contributed by atoms with Gasteiger partial charge >= 0.3 is 18.3 Å². The minimum absolute atomic E-state index is 0. The Labute approximate surface area is 216 Å². The van der Waals surface area contributed by atoms with Gasteiger partial charge < -0.3 is 19.5 Å². The van der Waals surface area contributed by atoms with Gasteiger partial charge in [-0.3, -0.25) is 0 Å². The molecule has 1 fully saturated rings. The molecular weight excluding hydrogens is 528 g/mol. The number of benzene rings is 2. The topological polar surface area (TPSA) is 56.8 Å². The van der Waals surface area contributed by atoms with Crippen molar-refractivity contribution in [2.24, 2.45) is 0 Å². The third-order valence-electron chi connectivity index (χ3n) is 6.21. The van der Waals surface area contributed by atoms with Crippen LogP contribution in [0.1, 0.15) is 41.2 Å². The summed E-state index contributed by atoms with van der Waals surface area (Å²) < 4.78 is 96.5. The highest BCUT2D eigenvalue weighted by molar-refractivity contribution is 5.85. The fourth-order valence-corrected chi connectivity index (χ4v) is 4.19. The van der Waals surface area contributed by atoms with Crippen molar-refractivity contribution in [3.05, 3.63) is 70.8 Å². The van der Waals surface area contributed by atoms with Crippen LogP contribution in [0.25, 0.3) is 0 Å². The maximum absolute atomic E-state index is 13.5. The van der Waals surface area contributed by atoms with E-state index in [-0.39, 0.29) is 30.6 Å². The molecule has 5 nitrogen and oxygen atoms in total. The van der Waals surface area contributed by atoms with Crippen LogP contribution < -0.4 is 5.32 Å². The quantitative estimate of drug-likeness (QED) is 0.317. The Morgan fingerprint density at radius 1 is 0.973 bits per heavy atom. The number of rotatable bonds is 9. The summed E-state index contributed by atoms with van der Waals surface area (Å²) in [5, 5.41) is 3.25. The van der Waals surface area contributed by atoms with Crippen molar-refractivity contribution in [1.82, 2.24) is 5.32 Å². The molecule has 0 radical (unpaired) electrons. The third kappa shape index (κ3) is 8.33. The molecule has 0 bridgehead atoms. The largest absolute Gasteiger partial charge is 0.467 e. The number of ether oxygens (including phenoxy) is 3. The lowest BCUT2D eigenvalue weighted by molar-refractivity contribution is -0.147. The van der Waals surface area contributed by atoms with Gasteiger partial charge in [0, 0.05) is 5.41 Å². The average molecular weight is 556 g/mol. The predicted octanol–water partition coefficient (Wildman–Crippen LogP) is 5.71. The van der Waals surface area contributed by atoms with Crippen LogP contribution in [0, 0.1) is 0 Å². The molecule has 206 valence electrons. The predicted molar refractivity (Wildman–Crippen MR) is 125 cm³/mol. The van der Waals surface area contributed by atoms with Gasteiger partial charge in [-0.1, -0.05) is 30.3 Å². The molecule has 1 heterocycles. The number of piperidine rings is 1. The molecular formula is C25H28ClF6NO4. The molecule has 0 aliphatic carbocycles. The summed E-state index contributed by atoms with van der Waals surface area (Å²) in [5.74, 6) is -0.743. The number of carbonyl (C=O) groups is 1. The minimum Gasteiger partial charge on any atom is -0.467 e. The van der Waals surface area contributed by atoms with Crippen LogP contribution in [0.2, 0.25) is 0 Å². The van der Waals surface area contributed by atoms with E-state index < -0.39 is 54.2 Å². The number of halogens is 7. The molecule has 2 aromatic carbocycles. The molecule has 1 N–H and O–H groups in total. The highest BCUT2D eigenvalue weighted by atomic mass is 35.5. The SMILES string of the molecule is COC(=O)COCC(OCC1(c2ccccc2)CCNCC1)c1cc(C(F)(F)F)cc(C(F)(F)F)c1.Cl. The second-order valence-corrected chi connectivity index (χ2v) is 8.63. The molecule has 0 spiro atoms. The third-order valence-corrected chi connectivity index (χ3v) is 6.21. The van der Waals surface area contributed by atoms with E-state index in [9.17, 15) is 31.1 Å². The Kier molecular flexibility index (Phi) is 10.8. The first-order chi connectivity index (χ1) is 16.9. The average Bonchev–Trinajstić information content (AvgIpc) is 2.85. The first-order valence-corrected chi connectivity index (χ1v) is 11.3. The van der Waals surface area contributed by atoms with E-state index in [2.05, 4.69) is 10.1 Å². The zero-order valence-electron chi connectivity index (χ0n) is 20.0. The van der Waals surface area contributed by atoms with Crippen molar-refractivity contribution < 1.29 is 45.3 Å². The van der Waals surface area contributed by atoms with Crippen LogP contribution in [0.15, 0.2) is 48.5 Å². The smallest absolute Gasteiger partial charge is 0.416 e. The lowest BCUT2D eigenvalue weighted by Crippen LogP contribution is -2.43. The normalized spacial score (nSPS) is 16.5. The van der Waals surface area contributed by atoms with Gasteiger partial charge in [-0.25, -0.2) is 4.79 Å². The summed E-state index contributed by atoms with van der Waals surface area (Å²) in [6, 6.07) is 10.7. The van der Waals surface area contributed by atoms with Crippen LogP contribution in [0.5, 0.6) is 0 Å². The monoisotopic (exact) mass is 555 g/mol. The van der Waals surface area contributed by atoms with Gasteiger partial charge in [0.25, 0.3) is 0 Å². The standard InChI is InChI=1S/C25H27F6NO4.ClH/c1-34-22(33)15-35-14-21(17-11-19(24(26,27)28)13-20(12-17)25(29,30)31)36-16-23(7-9-32-10-8-23)18-5-3-2-4-6-18;/h2-6,11-13,21,32H,7-10,14-16H2,1H3;1H. The molecule has 1 aliphatic rings. The second-order valence-electron chi connectivity index (χ2n) is 8.63. The molecule has 1 aliphatic heterocycles. The number of methoxy groups -OCH3 is 1. The Bertz CT molecular complexity index is 978. The molecule has 3 rings (SSSR count). The highest BCUT2D eigenvalue weighted by Crippen LogP contribution is 2.39. The van der Waals surface area contributed by atoms with E-state index in [0.29, 0.717) is 38.1 Å². The number of nitrogens with one attached hydrogen (secondary N) is 1. The van der Waals surface area contributed by atoms with E-state index >= 15 is 0 Å². The van der Waals surface area contributed by atoms with Crippen molar-refractivity contribution in [3.8, 4) is 0 Å². The van der Waals surface area contributed by atoms with E-state index in [1.165, 1.54) is 0 Å². The van der Waals surface area contributed by atoms with Crippen molar-refractivity contribution in [2.75, 3.05) is 40.0 Å².